The molecule has 0 spiro atoms. The van der Waals surface area contributed by atoms with Gasteiger partial charge in [-0.2, -0.15) is 5.10 Å². The van der Waals surface area contributed by atoms with Crippen LogP contribution in [0, 0.1) is 5.82 Å². The smallest absolute Gasteiger partial charge is 0.442 e. The summed E-state index contributed by atoms with van der Waals surface area (Å²) in [5.41, 5.74) is 3.50. The van der Waals surface area contributed by atoms with Gasteiger partial charge in [-0.05, 0) is 55.8 Å². The average molecular weight is 607 g/mol. The summed E-state index contributed by atoms with van der Waals surface area (Å²) in [7, 11) is -3.71. The number of halogens is 1. The van der Waals surface area contributed by atoms with Crippen molar-refractivity contribution in [2.24, 2.45) is 5.10 Å². The standard InChI is InChI=1S/C26H28FN4O8PS/c1-3-36-40(35,37-4-2)39-19-9-5-17(6-10-19)7-12-23(32)28-14-20-15-31(26(34)38-20)18-8-11-21(22(27)13-18)25-30-29-24(33)16-41-25/h5-13,20H,3-4,14-16H2,1-2H3,(H,28,32)(H,29,33)/t20-/m0/s1. The SMILES string of the molecule is CCOP(=O)(OCC)Oc1ccc(C=CC(=O)NC[C@H]2CN(c3ccc(C4=NNC(=O)CS4)c(F)c3)C(=O)O2)cc1. The van der Waals surface area contributed by atoms with Gasteiger partial charge in [-0.15, -0.1) is 0 Å². The minimum atomic E-state index is -3.71. The number of hydrogen-bond donors (Lipinski definition) is 2. The number of carbonyl (C=O) groups is 3. The van der Waals surface area contributed by atoms with Crippen molar-refractivity contribution in [3.8, 4) is 5.75 Å². The lowest BCUT2D eigenvalue weighted by Gasteiger charge is -2.16. The lowest BCUT2D eigenvalue weighted by molar-refractivity contribution is -0.118. The Labute approximate surface area is 239 Å². The molecule has 4 rings (SSSR count). The van der Waals surface area contributed by atoms with Crippen molar-refractivity contribution in [3.63, 3.8) is 0 Å². The Balaban J connectivity index is 1.27. The molecule has 1 saturated heterocycles. The van der Waals surface area contributed by atoms with Crippen molar-refractivity contribution in [1.82, 2.24) is 10.7 Å². The van der Waals surface area contributed by atoms with Gasteiger partial charge >= 0.3 is 13.9 Å². The second-order valence-electron chi connectivity index (χ2n) is 8.54. The Hall–Kier alpha value is -3.71. The Morgan fingerprint density at radius 3 is 2.59 bits per heavy atom. The molecule has 3 amide bonds. The van der Waals surface area contributed by atoms with Crippen molar-refractivity contribution in [3.05, 3.63) is 65.5 Å². The predicted molar refractivity (Wildman–Crippen MR) is 151 cm³/mol. The minimum absolute atomic E-state index is 0.0516. The lowest BCUT2D eigenvalue weighted by Crippen LogP contribution is -2.33. The van der Waals surface area contributed by atoms with E-state index >= 15 is 0 Å². The first kappa shape index (κ1) is 30.3. The van der Waals surface area contributed by atoms with Crippen molar-refractivity contribution >= 4 is 54.3 Å². The van der Waals surface area contributed by atoms with Gasteiger partial charge in [0, 0.05) is 11.6 Å². The predicted octanol–water partition coefficient (Wildman–Crippen LogP) is 4.07. The number of benzene rings is 2. The molecular formula is C26H28FN4O8PS. The lowest BCUT2D eigenvalue weighted by atomic mass is 10.2. The van der Waals surface area contributed by atoms with Gasteiger partial charge in [-0.3, -0.25) is 23.5 Å². The number of amides is 3. The number of nitrogens with one attached hydrogen (secondary N) is 2. The fraction of sp³-hybridized carbons (Fsp3) is 0.308. The average Bonchev–Trinajstić information content (AvgIpc) is 3.32. The molecule has 0 bridgehead atoms. The van der Waals surface area contributed by atoms with Crippen LogP contribution in [0.1, 0.15) is 25.0 Å². The quantitative estimate of drug-likeness (QED) is 0.270. The monoisotopic (exact) mass is 606 g/mol. The van der Waals surface area contributed by atoms with E-state index in [4.69, 9.17) is 18.3 Å². The van der Waals surface area contributed by atoms with Crippen LogP contribution in [0.15, 0.2) is 53.6 Å². The van der Waals surface area contributed by atoms with E-state index in [1.807, 2.05) is 0 Å². The number of phosphoric ester groups is 1. The van der Waals surface area contributed by atoms with Crippen LogP contribution in [0.25, 0.3) is 6.08 Å². The van der Waals surface area contributed by atoms with Crippen molar-refractivity contribution in [1.29, 1.82) is 0 Å². The van der Waals surface area contributed by atoms with Crippen molar-refractivity contribution in [2.75, 3.05) is 37.0 Å². The van der Waals surface area contributed by atoms with E-state index in [9.17, 15) is 23.3 Å². The van der Waals surface area contributed by atoms with Gasteiger partial charge < -0.3 is 14.6 Å². The number of carbonyl (C=O) groups excluding carboxylic acids is 3. The van der Waals surface area contributed by atoms with Crippen LogP contribution >= 0.6 is 19.6 Å². The Morgan fingerprint density at radius 2 is 1.95 bits per heavy atom. The van der Waals surface area contributed by atoms with Crippen molar-refractivity contribution < 1.29 is 41.6 Å². The molecule has 2 aromatic rings. The molecule has 2 aromatic carbocycles. The third-order valence-corrected chi connectivity index (χ3v) is 8.17. The number of rotatable bonds is 12. The Morgan fingerprint density at radius 1 is 1.22 bits per heavy atom. The summed E-state index contributed by atoms with van der Waals surface area (Å²) in [5, 5.41) is 6.88. The highest BCUT2D eigenvalue weighted by Crippen LogP contribution is 2.49. The summed E-state index contributed by atoms with van der Waals surface area (Å²) in [6.07, 6.45) is 1.59. The van der Waals surface area contributed by atoms with E-state index in [0.717, 1.165) is 11.8 Å². The van der Waals surface area contributed by atoms with Crippen molar-refractivity contribution in [2.45, 2.75) is 20.0 Å². The number of hydrogen-bond acceptors (Lipinski definition) is 10. The molecule has 0 aromatic heterocycles. The molecule has 41 heavy (non-hydrogen) atoms. The molecule has 0 aliphatic carbocycles. The zero-order chi connectivity index (χ0) is 29.4. The number of anilines is 1. The van der Waals surface area contributed by atoms with Gasteiger partial charge in [-0.25, -0.2) is 19.2 Å². The Kier molecular flexibility index (Phi) is 10.2. The molecule has 0 saturated carbocycles. The van der Waals surface area contributed by atoms with Crippen LogP contribution in [-0.4, -0.2) is 61.1 Å². The number of ether oxygens (including phenoxy) is 1. The molecule has 2 aliphatic rings. The molecule has 0 unspecified atom stereocenters. The second-order valence-corrected chi connectivity index (χ2v) is 11.1. The maximum Gasteiger partial charge on any atom is 0.530 e. The van der Waals surface area contributed by atoms with Gasteiger partial charge in [-0.1, -0.05) is 23.9 Å². The highest BCUT2D eigenvalue weighted by Gasteiger charge is 2.33. The molecule has 2 aliphatic heterocycles. The van der Waals surface area contributed by atoms with Gasteiger partial charge in [0.25, 0.3) is 5.91 Å². The third kappa shape index (κ3) is 8.17. The highest BCUT2D eigenvalue weighted by atomic mass is 32.2. The zero-order valence-corrected chi connectivity index (χ0v) is 23.9. The zero-order valence-electron chi connectivity index (χ0n) is 22.2. The van der Waals surface area contributed by atoms with E-state index in [1.54, 1.807) is 50.3 Å². The fourth-order valence-electron chi connectivity index (χ4n) is 3.75. The third-order valence-electron chi connectivity index (χ3n) is 5.59. The second kappa shape index (κ2) is 13.8. The van der Waals surface area contributed by atoms with Gasteiger partial charge in [0.15, 0.2) is 0 Å². The Bertz CT molecular complexity index is 1390. The molecule has 12 nitrogen and oxygen atoms in total. The van der Waals surface area contributed by atoms with E-state index in [0.29, 0.717) is 16.3 Å². The first-order valence-corrected chi connectivity index (χ1v) is 15.1. The summed E-state index contributed by atoms with van der Waals surface area (Å²) < 4.78 is 48.1. The van der Waals surface area contributed by atoms with E-state index in [1.165, 1.54) is 23.1 Å². The largest absolute Gasteiger partial charge is 0.530 e. The molecule has 1 fully saturated rings. The number of hydrazone groups is 1. The summed E-state index contributed by atoms with van der Waals surface area (Å²) in [6.45, 7) is 3.85. The van der Waals surface area contributed by atoms with E-state index in [2.05, 4.69) is 15.8 Å². The number of phosphoric acid groups is 1. The fourth-order valence-corrected chi connectivity index (χ4v) is 5.71. The maximum absolute atomic E-state index is 14.8. The van der Waals surface area contributed by atoms with E-state index in [-0.39, 0.29) is 49.3 Å². The molecule has 15 heteroatoms. The first-order chi connectivity index (χ1) is 19.7. The number of nitrogens with zero attached hydrogens (tertiary/aromatic N) is 2. The topological polar surface area (TPSA) is 145 Å². The van der Waals surface area contributed by atoms with Gasteiger partial charge in [0.2, 0.25) is 5.91 Å². The minimum Gasteiger partial charge on any atom is -0.442 e. The molecule has 1 atom stereocenters. The number of thioether (sulfide) groups is 1. The van der Waals surface area contributed by atoms with E-state index < -0.39 is 31.7 Å². The first-order valence-electron chi connectivity index (χ1n) is 12.6. The molecule has 2 heterocycles. The highest BCUT2D eigenvalue weighted by molar-refractivity contribution is 8.15. The molecule has 2 N–H and O–H groups in total. The van der Waals surface area contributed by atoms with Crippen LogP contribution < -0.4 is 20.2 Å². The molecule has 218 valence electrons. The normalized spacial score (nSPS) is 17.3. The van der Waals surface area contributed by atoms with Crippen LogP contribution in [0.4, 0.5) is 14.9 Å². The number of cyclic esters (lactones) is 1. The summed E-state index contributed by atoms with van der Waals surface area (Å²) in [4.78, 5) is 37.3. The van der Waals surface area contributed by atoms with Crippen LogP contribution in [0.5, 0.6) is 5.75 Å². The summed E-state index contributed by atoms with van der Waals surface area (Å²) in [5.74, 6) is -0.856. The maximum atomic E-state index is 14.8. The van der Waals surface area contributed by atoms with Crippen LogP contribution in [-0.2, 0) is 27.9 Å². The summed E-state index contributed by atoms with van der Waals surface area (Å²) in [6, 6.07) is 10.7. The van der Waals surface area contributed by atoms with Crippen LogP contribution in [0.2, 0.25) is 0 Å². The van der Waals surface area contributed by atoms with Gasteiger partial charge in [0.05, 0.1) is 37.7 Å². The molecular weight excluding hydrogens is 578 g/mol. The molecule has 0 radical (unpaired) electrons. The van der Waals surface area contributed by atoms with Crippen LogP contribution in [0.3, 0.4) is 0 Å². The summed E-state index contributed by atoms with van der Waals surface area (Å²) >= 11 is 1.12. The van der Waals surface area contributed by atoms with Gasteiger partial charge in [0.1, 0.15) is 22.7 Å².